The van der Waals surface area contributed by atoms with E-state index in [4.69, 9.17) is 10.5 Å². The molecule has 0 aliphatic rings. The maximum Gasteiger partial charge on any atom is 0.416 e. The summed E-state index contributed by atoms with van der Waals surface area (Å²) >= 11 is 0. The number of aromatic nitrogens is 2. The van der Waals surface area contributed by atoms with Gasteiger partial charge in [-0.05, 0) is 42.0 Å². The number of carbonyl (C=O) groups excluding carboxylic acids is 1. The van der Waals surface area contributed by atoms with E-state index in [1.165, 1.54) is 19.2 Å². The first kappa shape index (κ1) is 20.9. The second-order valence-electron chi connectivity index (χ2n) is 6.28. The van der Waals surface area contributed by atoms with Gasteiger partial charge >= 0.3 is 6.18 Å². The third-order valence-electron chi connectivity index (χ3n) is 4.14. The van der Waals surface area contributed by atoms with Crippen molar-refractivity contribution in [2.45, 2.75) is 12.7 Å². The molecule has 0 unspecified atom stereocenters. The van der Waals surface area contributed by atoms with Gasteiger partial charge in [0.15, 0.2) is 0 Å². The average Bonchev–Trinajstić information content (AvgIpc) is 2.71. The van der Waals surface area contributed by atoms with Gasteiger partial charge in [-0.2, -0.15) is 23.0 Å². The van der Waals surface area contributed by atoms with Crippen LogP contribution in [0.5, 0.6) is 5.75 Å². The van der Waals surface area contributed by atoms with Crippen LogP contribution in [0.1, 0.15) is 21.6 Å². The Balaban J connectivity index is 1.84. The van der Waals surface area contributed by atoms with Gasteiger partial charge in [-0.1, -0.05) is 12.1 Å². The van der Waals surface area contributed by atoms with Crippen LogP contribution < -0.4 is 21.3 Å². The van der Waals surface area contributed by atoms with Crippen molar-refractivity contribution >= 4 is 11.6 Å². The summed E-state index contributed by atoms with van der Waals surface area (Å²) in [6.45, 7) is -0.206. The molecule has 1 amide bonds. The summed E-state index contributed by atoms with van der Waals surface area (Å²) in [5, 5.41) is 6.52. The Hall–Kier alpha value is -3.82. The SMILES string of the molecule is COc1ccccc1-n1nc(C(=O)NCc2cc(N)cc(C(F)(F)F)c2)ccc1=O. The van der Waals surface area contributed by atoms with Crippen LogP contribution in [0, 0.1) is 0 Å². The number of hydrogen-bond donors (Lipinski definition) is 2. The number of ether oxygens (including phenoxy) is 1. The van der Waals surface area contributed by atoms with Crippen LogP contribution in [0.15, 0.2) is 59.4 Å². The number of carbonyl (C=O) groups is 1. The Bertz CT molecular complexity index is 1140. The molecule has 3 N–H and O–H groups in total. The number of hydrogen-bond acceptors (Lipinski definition) is 5. The van der Waals surface area contributed by atoms with Gasteiger partial charge in [-0.25, -0.2) is 0 Å². The number of rotatable bonds is 5. The summed E-state index contributed by atoms with van der Waals surface area (Å²) in [7, 11) is 1.43. The minimum absolute atomic E-state index is 0.0723. The van der Waals surface area contributed by atoms with Gasteiger partial charge in [0.1, 0.15) is 17.1 Å². The lowest BCUT2D eigenvalue weighted by atomic mass is 10.1. The van der Waals surface area contributed by atoms with E-state index in [1.54, 1.807) is 24.3 Å². The Morgan fingerprint density at radius 2 is 1.90 bits per heavy atom. The van der Waals surface area contributed by atoms with E-state index < -0.39 is 23.2 Å². The Kier molecular flexibility index (Phi) is 5.77. The van der Waals surface area contributed by atoms with Crippen molar-refractivity contribution in [1.29, 1.82) is 0 Å². The molecule has 0 bridgehead atoms. The number of nitrogens with two attached hydrogens (primary N) is 1. The third-order valence-corrected chi connectivity index (χ3v) is 4.14. The lowest BCUT2D eigenvalue weighted by Crippen LogP contribution is -2.29. The number of halogens is 3. The number of amides is 1. The Morgan fingerprint density at radius 3 is 2.60 bits per heavy atom. The van der Waals surface area contributed by atoms with E-state index in [0.717, 1.165) is 22.9 Å². The summed E-state index contributed by atoms with van der Waals surface area (Å²) < 4.78 is 45.0. The summed E-state index contributed by atoms with van der Waals surface area (Å²) in [6.07, 6.45) is -4.56. The second kappa shape index (κ2) is 8.27. The minimum atomic E-state index is -4.56. The number of nitrogen functional groups attached to an aromatic ring is 1. The third kappa shape index (κ3) is 4.59. The highest BCUT2D eigenvalue weighted by atomic mass is 19.4. The predicted octanol–water partition coefficient (Wildman–Crippen LogP) is 2.77. The first-order valence-electron chi connectivity index (χ1n) is 8.67. The summed E-state index contributed by atoms with van der Waals surface area (Å²) in [6, 6.07) is 12.1. The van der Waals surface area contributed by atoms with Crippen molar-refractivity contribution in [3.8, 4) is 11.4 Å². The van der Waals surface area contributed by atoms with Gasteiger partial charge in [0, 0.05) is 18.3 Å². The Morgan fingerprint density at radius 1 is 1.17 bits per heavy atom. The minimum Gasteiger partial charge on any atom is -0.494 e. The topological polar surface area (TPSA) is 99.2 Å². The monoisotopic (exact) mass is 418 g/mol. The first-order valence-corrected chi connectivity index (χ1v) is 8.67. The fourth-order valence-electron chi connectivity index (χ4n) is 2.77. The van der Waals surface area contributed by atoms with Gasteiger partial charge in [0.05, 0.1) is 12.7 Å². The Labute approximate surface area is 168 Å². The number of para-hydroxylation sites is 2. The summed E-state index contributed by atoms with van der Waals surface area (Å²) in [5.41, 5.74) is 4.48. The molecule has 10 heteroatoms. The molecule has 1 aromatic heterocycles. The number of methoxy groups -OCH3 is 1. The van der Waals surface area contributed by atoms with Crippen molar-refractivity contribution in [2.75, 3.05) is 12.8 Å². The molecule has 3 rings (SSSR count). The summed E-state index contributed by atoms with van der Waals surface area (Å²) in [4.78, 5) is 24.7. The normalized spacial score (nSPS) is 11.2. The van der Waals surface area contributed by atoms with E-state index in [0.29, 0.717) is 11.4 Å². The fourth-order valence-corrected chi connectivity index (χ4v) is 2.77. The zero-order valence-electron chi connectivity index (χ0n) is 15.7. The van der Waals surface area contributed by atoms with Crippen LogP contribution in [-0.2, 0) is 12.7 Å². The van der Waals surface area contributed by atoms with E-state index in [9.17, 15) is 22.8 Å². The molecule has 0 radical (unpaired) electrons. The van der Waals surface area contributed by atoms with Crippen LogP contribution in [0.4, 0.5) is 18.9 Å². The molecule has 0 atom stereocenters. The van der Waals surface area contributed by atoms with Gasteiger partial charge in [-0.15, -0.1) is 0 Å². The smallest absolute Gasteiger partial charge is 0.416 e. The molecule has 0 saturated heterocycles. The second-order valence-corrected chi connectivity index (χ2v) is 6.28. The van der Waals surface area contributed by atoms with Crippen molar-refractivity contribution in [1.82, 2.24) is 15.1 Å². The van der Waals surface area contributed by atoms with Crippen LogP contribution in [-0.4, -0.2) is 22.8 Å². The number of alkyl halides is 3. The molecule has 3 aromatic rings. The molecule has 0 aliphatic carbocycles. The molecule has 156 valence electrons. The highest BCUT2D eigenvalue weighted by Gasteiger charge is 2.31. The highest BCUT2D eigenvalue weighted by molar-refractivity contribution is 5.92. The van der Waals surface area contributed by atoms with Gasteiger partial charge in [0.2, 0.25) is 0 Å². The maximum atomic E-state index is 12.9. The standard InChI is InChI=1S/C20H17F3N4O3/c1-30-17-5-3-2-4-16(17)27-18(28)7-6-15(26-27)19(29)25-11-12-8-13(20(21,22)23)10-14(24)9-12/h2-10H,11,24H2,1H3,(H,25,29). The van der Waals surface area contributed by atoms with E-state index in [2.05, 4.69) is 10.4 Å². The van der Waals surface area contributed by atoms with Crippen molar-refractivity contribution in [2.24, 2.45) is 0 Å². The molecule has 30 heavy (non-hydrogen) atoms. The molecule has 7 nitrogen and oxygen atoms in total. The highest BCUT2D eigenvalue weighted by Crippen LogP contribution is 2.31. The zero-order chi connectivity index (χ0) is 21.9. The molecule has 0 saturated carbocycles. The van der Waals surface area contributed by atoms with Gasteiger partial charge < -0.3 is 15.8 Å². The number of anilines is 1. The number of benzene rings is 2. The molecule has 0 spiro atoms. The van der Waals surface area contributed by atoms with Gasteiger partial charge in [-0.3, -0.25) is 9.59 Å². The molecular formula is C20H17F3N4O3. The fraction of sp³-hybridized carbons (Fsp3) is 0.150. The quantitative estimate of drug-likeness (QED) is 0.621. The molecule has 0 fully saturated rings. The first-order chi connectivity index (χ1) is 14.2. The van der Waals surface area contributed by atoms with Crippen LogP contribution in [0.2, 0.25) is 0 Å². The molecule has 0 aliphatic heterocycles. The van der Waals surface area contributed by atoms with Crippen molar-refractivity contribution in [3.05, 3.63) is 81.8 Å². The van der Waals surface area contributed by atoms with Crippen LogP contribution >= 0.6 is 0 Å². The van der Waals surface area contributed by atoms with E-state index >= 15 is 0 Å². The lowest BCUT2D eigenvalue weighted by molar-refractivity contribution is -0.137. The predicted molar refractivity (Wildman–Crippen MR) is 103 cm³/mol. The summed E-state index contributed by atoms with van der Waals surface area (Å²) in [5.74, 6) is -0.293. The number of nitrogens with zero attached hydrogens (tertiary/aromatic N) is 2. The molecular weight excluding hydrogens is 401 g/mol. The molecule has 1 heterocycles. The van der Waals surface area contributed by atoms with Gasteiger partial charge in [0.25, 0.3) is 11.5 Å². The number of nitrogens with one attached hydrogen (secondary N) is 1. The lowest BCUT2D eigenvalue weighted by Gasteiger charge is -2.12. The van der Waals surface area contributed by atoms with E-state index in [1.807, 2.05) is 0 Å². The maximum absolute atomic E-state index is 12.9. The van der Waals surface area contributed by atoms with Crippen molar-refractivity contribution in [3.63, 3.8) is 0 Å². The van der Waals surface area contributed by atoms with Crippen molar-refractivity contribution < 1.29 is 22.7 Å². The van der Waals surface area contributed by atoms with E-state index in [-0.39, 0.29) is 23.5 Å². The van der Waals surface area contributed by atoms with Crippen LogP contribution in [0.25, 0.3) is 5.69 Å². The molecule has 2 aromatic carbocycles. The zero-order valence-corrected chi connectivity index (χ0v) is 15.7. The van der Waals surface area contributed by atoms with Crippen LogP contribution in [0.3, 0.4) is 0 Å². The average molecular weight is 418 g/mol. The largest absolute Gasteiger partial charge is 0.494 e.